The van der Waals surface area contributed by atoms with Crippen molar-refractivity contribution in [2.24, 2.45) is 11.7 Å². The van der Waals surface area contributed by atoms with E-state index in [4.69, 9.17) is 5.73 Å². The Balaban J connectivity index is 2.72. The monoisotopic (exact) mass is 197 g/mol. The molecule has 0 bridgehead atoms. The highest BCUT2D eigenvalue weighted by molar-refractivity contribution is 7.10. The summed E-state index contributed by atoms with van der Waals surface area (Å²) in [5, 5.41) is 2.14. The second kappa shape index (κ2) is 5.40. The third-order valence-corrected chi connectivity index (χ3v) is 3.78. The van der Waals surface area contributed by atoms with Crippen LogP contribution in [-0.2, 0) is 0 Å². The van der Waals surface area contributed by atoms with Crippen LogP contribution in [0.3, 0.4) is 0 Å². The van der Waals surface area contributed by atoms with Crippen LogP contribution < -0.4 is 5.73 Å². The minimum atomic E-state index is 0.579. The van der Waals surface area contributed by atoms with E-state index in [0.717, 1.165) is 12.5 Å². The Hall–Kier alpha value is -0.340. The Morgan fingerprint density at radius 2 is 2.08 bits per heavy atom. The zero-order chi connectivity index (χ0) is 9.68. The third kappa shape index (κ3) is 2.55. The van der Waals surface area contributed by atoms with Gasteiger partial charge in [-0.05, 0) is 17.4 Å². The summed E-state index contributed by atoms with van der Waals surface area (Å²) in [6.45, 7) is 5.29. The SMILES string of the molecule is CCC(CC)C(CN)c1cccs1. The van der Waals surface area contributed by atoms with Crippen LogP contribution in [0, 0.1) is 5.92 Å². The van der Waals surface area contributed by atoms with Gasteiger partial charge in [-0.1, -0.05) is 32.8 Å². The zero-order valence-corrected chi connectivity index (χ0v) is 9.31. The number of hydrogen-bond donors (Lipinski definition) is 1. The maximum Gasteiger partial charge on any atom is 0.00915 e. The van der Waals surface area contributed by atoms with Crippen molar-refractivity contribution < 1.29 is 0 Å². The first-order valence-electron chi connectivity index (χ1n) is 5.06. The molecular weight excluding hydrogens is 178 g/mol. The van der Waals surface area contributed by atoms with E-state index in [1.54, 1.807) is 0 Å². The molecule has 0 aromatic carbocycles. The lowest BCUT2D eigenvalue weighted by Gasteiger charge is -2.22. The number of rotatable bonds is 5. The van der Waals surface area contributed by atoms with Gasteiger partial charge in [0.2, 0.25) is 0 Å². The van der Waals surface area contributed by atoms with E-state index < -0.39 is 0 Å². The van der Waals surface area contributed by atoms with Crippen LogP contribution in [0.1, 0.15) is 37.5 Å². The van der Waals surface area contributed by atoms with E-state index in [0.29, 0.717) is 5.92 Å². The smallest absolute Gasteiger partial charge is 0.00915 e. The van der Waals surface area contributed by atoms with Gasteiger partial charge in [-0.3, -0.25) is 0 Å². The van der Waals surface area contributed by atoms with Gasteiger partial charge in [0.1, 0.15) is 0 Å². The zero-order valence-electron chi connectivity index (χ0n) is 8.49. The van der Waals surface area contributed by atoms with E-state index in [-0.39, 0.29) is 0 Å². The molecule has 0 spiro atoms. The predicted molar refractivity (Wildman–Crippen MR) is 60.2 cm³/mol. The Labute approximate surface area is 85.0 Å². The van der Waals surface area contributed by atoms with Crippen molar-refractivity contribution in [3.8, 4) is 0 Å². The van der Waals surface area contributed by atoms with Gasteiger partial charge < -0.3 is 5.73 Å². The van der Waals surface area contributed by atoms with Crippen molar-refractivity contribution in [2.75, 3.05) is 6.54 Å². The van der Waals surface area contributed by atoms with Crippen LogP contribution in [0.25, 0.3) is 0 Å². The van der Waals surface area contributed by atoms with Gasteiger partial charge in [-0.25, -0.2) is 0 Å². The highest BCUT2D eigenvalue weighted by Crippen LogP contribution is 2.31. The van der Waals surface area contributed by atoms with Crippen molar-refractivity contribution in [1.29, 1.82) is 0 Å². The summed E-state index contributed by atoms with van der Waals surface area (Å²) < 4.78 is 0. The van der Waals surface area contributed by atoms with Gasteiger partial charge >= 0.3 is 0 Å². The standard InChI is InChI=1S/C11H19NS/c1-3-9(4-2)10(8-12)11-6-5-7-13-11/h5-7,9-10H,3-4,8,12H2,1-2H3. The van der Waals surface area contributed by atoms with Crippen LogP contribution in [-0.4, -0.2) is 6.54 Å². The number of thiophene rings is 1. The largest absolute Gasteiger partial charge is 0.330 e. The van der Waals surface area contributed by atoms with Crippen molar-refractivity contribution in [2.45, 2.75) is 32.6 Å². The van der Waals surface area contributed by atoms with E-state index in [9.17, 15) is 0 Å². The lowest BCUT2D eigenvalue weighted by molar-refractivity contribution is 0.407. The highest BCUT2D eigenvalue weighted by atomic mass is 32.1. The maximum atomic E-state index is 5.82. The molecule has 1 aromatic rings. The van der Waals surface area contributed by atoms with Gasteiger partial charge in [0.15, 0.2) is 0 Å². The first-order chi connectivity index (χ1) is 6.33. The second-order valence-electron chi connectivity index (χ2n) is 3.43. The summed E-state index contributed by atoms with van der Waals surface area (Å²) in [6, 6.07) is 4.32. The molecule has 0 aliphatic carbocycles. The van der Waals surface area contributed by atoms with Crippen LogP contribution in [0.4, 0.5) is 0 Å². The summed E-state index contributed by atoms with van der Waals surface area (Å²) in [6.07, 6.45) is 2.46. The molecule has 1 unspecified atom stereocenters. The Bertz CT molecular complexity index is 214. The molecule has 13 heavy (non-hydrogen) atoms. The molecule has 0 saturated heterocycles. The fourth-order valence-corrected chi connectivity index (χ4v) is 2.84. The second-order valence-corrected chi connectivity index (χ2v) is 4.41. The van der Waals surface area contributed by atoms with Gasteiger partial charge in [0, 0.05) is 17.3 Å². The van der Waals surface area contributed by atoms with Gasteiger partial charge in [0.25, 0.3) is 0 Å². The molecule has 0 aliphatic heterocycles. The quantitative estimate of drug-likeness (QED) is 0.770. The van der Waals surface area contributed by atoms with Gasteiger partial charge in [-0.2, -0.15) is 0 Å². The normalized spacial score (nSPS) is 13.5. The first-order valence-corrected chi connectivity index (χ1v) is 5.94. The summed E-state index contributed by atoms with van der Waals surface area (Å²) in [5.74, 6) is 1.33. The summed E-state index contributed by atoms with van der Waals surface area (Å²) >= 11 is 1.83. The Kier molecular flexibility index (Phi) is 4.46. The van der Waals surface area contributed by atoms with E-state index in [1.807, 2.05) is 11.3 Å². The van der Waals surface area contributed by atoms with Crippen LogP contribution in [0.5, 0.6) is 0 Å². The summed E-state index contributed by atoms with van der Waals surface area (Å²) in [4.78, 5) is 1.45. The average Bonchev–Trinajstić information content (AvgIpc) is 2.66. The molecule has 1 heterocycles. The van der Waals surface area contributed by atoms with Crippen molar-refractivity contribution in [3.05, 3.63) is 22.4 Å². The molecule has 0 radical (unpaired) electrons. The van der Waals surface area contributed by atoms with Crippen LogP contribution >= 0.6 is 11.3 Å². The third-order valence-electron chi connectivity index (χ3n) is 2.78. The first kappa shape index (κ1) is 10.7. The van der Waals surface area contributed by atoms with Crippen molar-refractivity contribution in [3.63, 3.8) is 0 Å². The number of nitrogens with two attached hydrogens (primary N) is 1. The number of hydrogen-bond acceptors (Lipinski definition) is 2. The fourth-order valence-electron chi connectivity index (χ4n) is 1.90. The van der Waals surface area contributed by atoms with E-state index in [2.05, 4.69) is 31.4 Å². The topological polar surface area (TPSA) is 26.0 Å². The molecule has 2 N–H and O–H groups in total. The molecule has 0 fully saturated rings. The lowest BCUT2D eigenvalue weighted by Crippen LogP contribution is -2.19. The lowest BCUT2D eigenvalue weighted by atomic mass is 9.87. The van der Waals surface area contributed by atoms with Gasteiger partial charge in [-0.15, -0.1) is 11.3 Å². The molecular formula is C11H19NS. The van der Waals surface area contributed by atoms with Gasteiger partial charge in [0.05, 0.1) is 0 Å². The minimum absolute atomic E-state index is 0.579. The van der Waals surface area contributed by atoms with Crippen molar-refractivity contribution in [1.82, 2.24) is 0 Å². The fraction of sp³-hybridized carbons (Fsp3) is 0.636. The van der Waals surface area contributed by atoms with Crippen LogP contribution in [0.15, 0.2) is 17.5 Å². The van der Waals surface area contributed by atoms with E-state index in [1.165, 1.54) is 17.7 Å². The summed E-state index contributed by atoms with van der Waals surface area (Å²) in [7, 11) is 0. The molecule has 1 rings (SSSR count). The molecule has 2 heteroatoms. The molecule has 0 amide bonds. The Morgan fingerprint density at radius 1 is 1.38 bits per heavy atom. The minimum Gasteiger partial charge on any atom is -0.330 e. The van der Waals surface area contributed by atoms with E-state index >= 15 is 0 Å². The molecule has 1 atom stereocenters. The molecule has 0 aliphatic rings. The molecule has 1 aromatic heterocycles. The highest BCUT2D eigenvalue weighted by Gasteiger charge is 2.19. The maximum absolute atomic E-state index is 5.82. The summed E-state index contributed by atoms with van der Waals surface area (Å²) in [5.41, 5.74) is 5.82. The predicted octanol–water partition coefficient (Wildman–Crippen LogP) is 3.23. The molecule has 0 saturated carbocycles. The Morgan fingerprint density at radius 3 is 2.46 bits per heavy atom. The molecule has 74 valence electrons. The van der Waals surface area contributed by atoms with Crippen molar-refractivity contribution >= 4 is 11.3 Å². The molecule has 1 nitrogen and oxygen atoms in total. The average molecular weight is 197 g/mol. The van der Waals surface area contributed by atoms with Crippen LogP contribution in [0.2, 0.25) is 0 Å².